The van der Waals surface area contributed by atoms with Crippen LogP contribution in [0.1, 0.15) is 24.0 Å². The van der Waals surface area contributed by atoms with E-state index in [0.717, 1.165) is 37.2 Å². The second kappa shape index (κ2) is 8.40. The first-order valence-electron chi connectivity index (χ1n) is 10.8. The van der Waals surface area contributed by atoms with Crippen molar-refractivity contribution in [3.63, 3.8) is 0 Å². The van der Waals surface area contributed by atoms with Gasteiger partial charge in [-0.25, -0.2) is 0 Å². The maximum Gasteiger partial charge on any atom is 0.118 e. The minimum absolute atomic E-state index is 0.0165. The lowest BCUT2D eigenvalue weighted by molar-refractivity contribution is 0.362. The molecule has 0 bridgehead atoms. The molecule has 0 amide bonds. The van der Waals surface area contributed by atoms with Crippen LogP contribution in [0.3, 0.4) is 0 Å². The monoisotopic (exact) mass is 409 g/mol. The Morgan fingerprint density at radius 2 is 1.48 bits per heavy atom. The molecule has 4 heteroatoms. The number of benzene rings is 3. The largest absolute Gasteiger partial charge is 0.497 e. The lowest BCUT2D eigenvalue weighted by atomic mass is 9.68. The first-order valence-corrected chi connectivity index (χ1v) is 10.8. The van der Waals surface area contributed by atoms with E-state index in [1.165, 1.54) is 27.8 Å². The van der Waals surface area contributed by atoms with E-state index in [1.807, 2.05) is 24.5 Å². The molecule has 31 heavy (non-hydrogen) atoms. The summed E-state index contributed by atoms with van der Waals surface area (Å²) < 4.78 is 5.32. The molecule has 4 nitrogen and oxygen atoms in total. The van der Waals surface area contributed by atoms with Gasteiger partial charge in [0.2, 0.25) is 0 Å². The molecule has 1 aliphatic heterocycles. The maximum atomic E-state index is 5.32. The predicted octanol–water partition coefficient (Wildman–Crippen LogP) is 5.42. The van der Waals surface area contributed by atoms with Crippen molar-refractivity contribution >= 4 is 0 Å². The van der Waals surface area contributed by atoms with Gasteiger partial charge in [0.15, 0.2) is 0 Å². The second-order valence-corrected chi connectivity index (χ2v) is 8.21. The topological polar surface area (TPSA) is 49.9 Å². The van der Waals surface area contributed by atoms with Crippen LogP contribution in [0.5, 0.6) is 5.75 Å². The molecule has 4 aromatic rings. The summed E-state index contributed by atoms with van der Waals surface area (Å²) in [5, 5.41) is 10.5. The number of ether oxygens (including phenoxy) is 1. The summed E-state index contributed by atoms with van der Waals surface area (Å²) >= 11 is 0. The zero-order chi connectivity index (χ0) is 21.1. The van der Waals surface area contributed by atoms with Gasteiger partial charge in [-0.15, -0.1) is 0 Å². The highest BCUT2D eigenvalue weighted by Gasteiger charge is 2.35. The van der Waals surface area contributed by atoms with E-state index in [0.29, 0.717) is 0 Å². The van der Waals surface area contributed by atoms with Crippen molar-refractivity contribution in [1.29, 1.82) is 0 Å². The van der Waals surface area contributed by atoms with E-state index < -0.39 is 0 Å². The number of rotatable bonds is 5. The Hall–Kier alpha value is -3.37. The second-order valence-electron chi connectivity index (χ2n) is 8.21. The number of H-pyrrole nitrogens is 1. The van der Waals surface area contributed by atoms with E-state index in [2.05, 4.69) is 76.2 Å². The summed E-state index contributed by atoms with van der Waals surface area (Å²) in [5.74, 6) is 0.882. The van der Waals surface area contributed by atoms with Crippen molar-refractivity contribution < 1.29 is 4.74 Å². The van der Waals surface area contributed by atoms with Crippen molar-refractivity contribution in [2.45, 2.75) is 18.3 Å². The quantitative estimate of drug-likeness (QED) is 0.463. The number of hydrogen-bond acceptors (Lipinski definition) is 3. The third-order valence-corrected chi connectivity index (χ3v) is 6.56. The predicted molar refractivity (Wildman–Crippen MR) is 125 cm³/mol. The summed E-state index contributed by atoms with van der Waals surface area (Å²) in [6, 6.07) is 26.4. The van der Waals surface area contributed by atoms with Crippen molar-refractivity contribution in [3.8, 4) is 28.0 Å². The Morgan fingerprint density at radius 1 is 0.774 bits per heavy atom. The van der Waals surface area contributed by atoms with E-state index in [1.54, 1.807) is 7.11 Å². The molecule has 1 aromatic heterocycles. The standard InChI is InChI=1S/C27H27N3O/c1-31-26-11-7-20(8-12-26)22-3-2-4-25(17-22)27(13-15-28-16-14-27)24-9-5-21(6-10-24)23-18-29-30-19-23/h2-12,17-19,28H,13-16H2,1H3,(H,29,30). The molecular formula is C27H27N3O. The summed E-state index contributed by atoms with van der Waals surface area (Å²) in [4.78, 5) is 0. The van der Waals surface area contributed by atoms with Crippen LogP contribution in [0.15, 0.2) is 85.2 Å². The van der Waals surface area contributed by atoms with Crippen LogP contribution in [0.4, 0.5) is 0 Å². The average molecular weight is 410 g/mol. The minimum atomic E-state index is 0.0165. The van der Waals surface area contributed by atoms with Gasteiger partial charge in [-0.2, -0.15) is 5.10 Å². The first-order chi connectivity index (χ1) is 15.3. The van der Waals surface area contributed by atoms with E-state index in [-0.39, 0.29) is 5.41 Å². The minimum Gasteiger partial charge on any atom is -0.497 e. The van der Waals surface area contributed by atoms with Gasteiger partial charge in [0.25, 0.3) is 0 Å². The van der Waals surface area contributed by atoms with Gasteiger partial charge in [0.1, 0.15) is 5.75 Å². The van der Waals surface area contributed by atoms with Crippen LogP contribution < -0.4 is 10.1 Å². The molecule has 1 fully saturated rings. The molecule has 0 unspecified atom stereocenters. The average Bonchev–Trinajstić information content (AvgIpc) is 3.40. The van der Waals surface area contributed by atoms with Crippen molar-refractivity contribution in [3.05, 3.63) is 96.3 Å². The van der Waals surface area contributed by atoms with Crippen LogP contribution in [0, 0.1) is 0 Å². The summed E-state index contributed by atoms with van der Waals surface area (Å²) in [5.41, 5.74) is 7.55. The molecule has 2 heterocycles. The van der Waals surface area contributed by atoms with Crippen molar-refractivity contribution in [2.75, 3.05) is 20.2 Å². The van der Waals surface area contributed by atoms with Gasteiger partial charge in [-0.3, -0.25) is 5.10 Å². The van der Waals surface area contributed by atoms with Gasteiger partial charge in [0.05, 0.1) is 13.3 Å². The smallest absolute Gasteiger partial charge is 0.118 e. The lowest BCUT2D eigenvalue weighted by Gasteiger charge is -2.39. The van der Waals surface area contributed by atoms with Gasteiger partial charge in [-0.1, -0.05) is 60.7 Å². The highest BCUT2D eigenvalue weighted by Crippen LogP contribution is 2.42. The number of methoxy groups -OCH3 is 1. The lowest BCUT2D eigenvalue weighted by Crippen LogP contribution is -2.40. The Kier molecular flexibility index (Phi) is 5.31. The van der Waals surface area contributed by atoms with Crippen LogP contribution >= 0.6 is 0 Å². The van der Waals surface area contributed by atoms with Crippen molar-refractivity contribution in [1.82, 2.24) is 15.5 Å². The number of piperidine rings is 1. The van der Waals surface area contributed by atoms with Crippen molar-refractivity contribution in [2.24, 2.45) is 0 Å². The normalized spacial score (nSPS) is 15.5. The first kappa shape index (κ1) is 19.6. The van der Waals surface area contributed by atoms with Crippen LogP contribution in [-0.2, 0) is 5.41 Å². The molecule has 1 aliphatic rings. The number of nitrogens with one attached hydrogen (secondary N) is 2. The molecule has 0 atom stereocenters. The number of hydrogen-bond donors (Lipinski definition) is 2. The molecule has 0 spiro atoms. The molecule has 0 saturated carbocycles. The number of aromatic amines is 1. The van der Waals surface area contributed by atoms with Gasteiger partial charge >= 0.3 is 0 Å². The Morgan fingerprint density at radius 3 is 2.16 bits per heavy atom. The Balaban J connectivity index is 1.54. The zero-order valence-electron chi connectivity index (χ0n) is 17.8. The Labute approximate surface area is 183 Å². The van der Waals surface area contributed by atoms with E-state index >= 15 is 0 Å². The number of nitrogens with zero attached hydrogens (tertiary/aromatic N) is 1. The molecule has 156 valence electrons. The highest BCUT2D eigenvalue weighted by molar-refractivity contribution is 5.66. The summed E-state index contributed by atoms with van der Waals surface area (Å²) in [7, 11) is 1.70. The molecule has 0 radical (unpaired) electrons. The summed E-state index contributed by atoms with van der Waals surface area (Å²) in [6.45, 7) is 2.05. The molecule has 5 rings (SSSR count). The fraction of sp³-hybridized carbons (Fsp3) is 0.222. The fourth-order valence-electron chi connectivity index (χ4n) is 4.77. The van der Waals surface area contributed by atoms with Gasteiger partial charge < -0.3 is 10.1 Å². The molecule has 3 aromatic carbocycles. The number of aromatic nitrogens is 2. The van der Waals surface area contributed by atoms with Crippen LogP contribution in [0.25, 0.3) is 22.3 Å². The maximum absolute atomic E-state index is 5.32. The third-order valence-electron chi connectivity index (χ3n) is 6.56. The highest BCUT2D eigenvalue weighted by atomic mass is 16.5. The molecule has 0 aliphatic carbocycles. The van der Waals surface area contributed by atoms with Gasteiger partial charge in [0, 0.05) is 17.2 Å². The Bertz CT molecular complexity index is 1130. The molecule has 2 N–H and O–H groups in total. The molecular weight excluding hydrogens is 382 g/mol. The molecule has 1 saturated heterocycles. The third kappa shape index (κ3) is 3.75. The zero-order valence-corrected chi connectivity index (χ0v) is 17.8. The van der Waals surface area contributed by atoms with Crippen LogP contribution in [0.2, 0.25) is 0 Å². The SMILES string of the molecule is COc1ccc(-c2cccc(C3(c4ccc(-c5cn[nH]c5)cc4)CCNCC3)c2)cc1. The summed E-state index contributed by atoms with van der Waals surface area (Å²) in [6.07, 6.45) is 5.98. The van der Waals surface area contributed by atoms with E-state index in [4.69, 9.17) is 4.74 Å². The van der Waals surface area contributed by atoms with E-state index in [9.17, 15) is 0 Å². The fourth-order valence-corrected chi connectivity index (χ4v) is 4.77. The van der Waals surface area contributed by atoms with Gasteiger partial charge in [-0.05, 0) is 65.9 Å². The van der Waals surface area contributed by atoms with Crippen LogP contribution in [-0.4, -0.2) is 30.4 Å².